The lowest BCUT2D eigenvalue weighted by Crippen LogP contribution is -2.22. The largest absolute Gasteiger partial charge is 0.377 e. The third kappa shape index (κ3) is 4.22. The molecular weight excluding hydrogens is 322 g/mol. The number of hydrogen-bond donors (Lipinski definition) is 1. The minimum atomic E-state index is 0.248. The zero-order chi connectivity index (χ0) is 13.8. The van der Waals surface area contributed by atoms with E-state index in [9.17, 15) is 0 Å². The van der Waals surface area contributed by atoms with Crippen LogP contribution in [0.3, 0.4) is 0 Å². The van der Waals surface area contributed by atoms with Crippen molar-refractivity contribution in [3.63, 3.8) is 0 Å². The lowest BCUT2D eigenvalue weighted by Gasteiger charge is -2.18. The minimum Gasteiger partial charge on any atom is -0.377 e. The number of rotatable bonds is 5. The van der Waals surface area contributed by atoms with Crippen molar-refractivity contribution in [2.24, 2.45) is 5.73 Å². The monoisotopic (exact) mass is 343 g/mol. The second-order valence-electron chi connectivity index (χ2n) is 5.15. The van der Waals surface area contributed by atoms with Crippen molar-refractivity contribution in [2.45, 2.75) is 55.4 Å². The first-order valence-corrected chi connectivity index (χ1v) is 8.59. The van der Waals surface area contributed by atoms with Gasteiger partial charge < -0.3 is 10.5 Å². The maximum Gasteiger partial charge on any atom is 0.0669 e. The van der Waals surface area contributed by atoms with Crippen LogP contribution in [0, 0.1) is 0 Å². The zero-order valence-corrected chi connectivity index (χ0v) is 14.0. The number of ether oxygens (including phenoxy) is 1. The molecule has 3 unspecified atom stereocenters. The molecule has 1 aliphatic rings. The smallest absolute Gasteiger partial charge is 0.0669 e. The zero-order valence-electron chi connectivity index (χ0n) is 11.6. The van der Waals surface area contributed by atoms with Gasteiger partial charge in [0.15, 0.2) is 0 Å². The highest BCUT2D eigenvalue weighted by Gasteiger charge is 2.26. The van der Waals surface area contributed by atoms with Gasteiger partial charge in [-0.25, -0.2) is 0 Å². The third-order valence-electron chi connectivity index (χ3n) is 3.62. The van der Waals surface area contributed by atoms with Crippen molar-refractivity contribution in [1.29, 1.82) is 0 Å². The Labute approximate surface area is 128 Å². The van der Waals surface area contributed by atoms with Gasteiger partial charge in [-0.3, -0.25) is 0 Å². The van der Waals surface area contributed by atoms with E-state index < -0.39 is 0 Å². The standard InChI is InChI=1S/C15H22BrNOS/c1-3-13(17)8-11-4-5-12(16)9-15(11)19-14-6-7-18-10(14)2/h4-5,9-10,13-14H,3,6-8,17H2,1-2H3. The molecular formula is C15H22BrNOS. The lowest BCUT2D eigenvalue weighted by molar-refractivity contribution is 0.127. The van der Waals surface area contributed by atoms with E-state index >= 15 is 0 Å². The molecule has 2 N–H and O–H groups in total. The van der Waals surface area contributed by atoms with Gasteiger partial charge in [0.25, 0.3) is 0 Å². The molecule has 0 radical (unpaired) electrons. The van der Waals surface area contributed by atoms with Gasteiger partial charge in [-0.1, -0.05) is 28.9 Å². The molecule has 0 amide bonds. The van der Waals surface area contributed by atoms with Crippen LogP contribution in [0.5, 0.6) is 0 Å². The Bertz CT molecular complexity index is 427. The normalized spacial score (nSPS) is 24.6. The first-order valence-electron chi connectivity index (χ1n) is 6.92. The Kier molecular flexibility index (Phi) is 5.75. The van der Waals surface area contributed by atoms with Crippen LogP contribution in [-0.2, 0) is 11.2 Å². The van der Waals surface area contributed by atoms with Crippen molar-refractivity contribution in [1.82, 2.24) is 0 Å². The quantitative estimate of drug-likeness (QED) is 0.877. The Morgan fingerprint density at radius 2 is 2.32 bits per heavy atom. The van der Waals surface area contributed by atoms with E-state index in [0.29, 0.717) is 11.4 Å². The van der Waals surface area contributed by atoms with Crippen LogP contribution in [0.4, 0.5) is 0 Å². The van der Waals surface area contributed by atoms with Crippen molar-refractivity contribution in [3.8, 4) is 0 Å². The fourth-order valence-corrected chi connectivity index (χ4v) is 4.08. The molecule has 0 aromatic heterocycles. The molecule has 1 heterocycles. The highest BCUT2D eigenvalue weighted by atomic mass is 79.9. The summed E-state index contributed by atoms with van der Waals surface area (Å²) in [6.45, 7) is 5.19. The third-order valence-corrected chi connectivity index (χ3v) is 5.67. The van der Waals surface area contributed by atoms with Gasteiger partial charge in [0.2, 0.25) is 0 Å². The summed E-state index contributed by atoms with van der Waals surface area (Å²) < 4.78 is 6.79. The summed E-state index contributed by atoms with van der Waals surface area (Å²) >= 11 is 5.51. The molecule has 1 fully saturated rings. The van der Waals surface area contributed by atoms with E-state index in [1.165, 1.54) is 10.5 Å². The van der Waals surface area contributed by atoms with E-state index in [0.717, 1.165) is 30.3 Å². The molecule has 0 aliphatic carbocycles. The minimum absolute atomic E-state index is 0.248. The van der Waals surface area contributed by atoms with Crippen LogP contribution in [0.15, 0.2) is 27.6 Å². The maximum atomic E-state index is 6.10. The maximum absolute atomic E-state index is 6.10. The number of halogens is 1. The summed E-state index contributed by atoms with van der Waals surface area (Å²) in [7, 11) is 0. The SMILES string of the molecule is CCC(N)Cc1ccc(Br)cc1SC1CCOC1C. The van der Waals surface area contributed by atoms with Crippen molar-refractivity contribution < 1.29 is 4.74 Å². The lowest BCUT2D eigenvalue weighted by atomic mass is 10.1. The van der Waals surface area contributed by atoms with Crippen LogP contribution in [0.1, 0.15) is 32.3 Å². The van der Waals surface area contributed by atoms with Crippen molar-refractivity contribution >= 4 is 27.7 Å². The van der Waals surface area contributed by atoms with Gasteiger partial charge in [0.05, 0.1) is 6.10 Å². The summed E-state index contributed by atoms with van der Waals surface area (Å²) in [6.07, 6.45) is 3.45. The van der Waals surface area contributed by atoms with Gasteiger partial charge >= 0.3 is 0 Å². The predicted molar refractivity (Wildman–Crippen MR) is 85.8 cm³/mol. The Morgan fingerprint density at radius 3 is 2.95 bits per heavy atom. The summed E-state index contributed by atoms with van der Waals surface area (Å²) in [4.78, 5) is 1.35. The predicted octanol–water partition coefficient (Wildman–Crippen LogP) is 4.00. The average molecular weight is 344 g/mol. The van der Waals surface area contributed by atoms with E-state index in [1.54, 1.807) is 0 Å². The molecule has 1 aromatic rings. The highest BCUT2D eigenvalue weighted by molar-refractivity contribution is 9.10. The number of benzene rings is 1. The van der Waals surface area contributed by atoms with Crippen molar-refractivity contribution in [2.75, 3.05) is 6.61 Å². The Hall–Kier alpha value is -0.0300. The molecule has 3 atom stereocenters. The molecule has 4 heteroatoms. The van der Waals surface area contributed by atoms with Gasteiger partial charge in [-0.2, -0.15) is 0 Å². The number of hydrogen-bond acceptors (Lipinski definition) is 3. The van der Waals surface area contributed by atoms with E-state index in [-0.39, 0.29) is 6.04 Å². The summed E-state index contributed by atoms with van der Waals surface area (Å²) in [5, 5.41) is 0.561. The Morgan fingerprint density at radius 1 is 1.53 bits per heavy atom. The summed E-state index contributed by atoms with van der Waals surface area (Å²) in [6, 6.07) is 6.77. The van der Waals surface area contributed by atoms with Gasteiger partial charge in [-0.15, -0.1) is 11.8 Å². The molecule has 0 bridgehead atoms. The van der Waals surface area contributed by atoms with Crippen molar-refractivity contribution in [3.05, 3.63) is 28.2 Å². The first kappa shape index (κ1) is 15.4. The molecule has 19 heavy (non-hydrogen) atoms. The molecule has 0 spiro atoms. The second kappa shape index (κ2) is 7.11. The molecule has 1 aromatic carbocycles. The van der Waals surface area contributed by atoms with Crippen LogP contribution in [0.25, 0.3) is 0 Å². The first-order chi connectivity index (χ1) is 9.10. The fourth-order valence-electron chi connectivity index (χ4n) is 2.26. The fraction of sp³-hybridized carbons (Fsp3) is 0.600. The van der Waals surface area contributed by atoms with E-state index in [2.05, 4.69) is 48.0 Å². The molecule has 106 valence electrons. The molecule has 2 nitrogen and oxygen atoms in total. The molecule has 0 saturated carbocycles. The molecule has 1 aliphatic heterocycles. The highest BCUT2D eigenvalue weighted by Crippen LogP contribution is 2.36. The van der Waals surface area contributed by atoms with Gasteiger partial charge in [0.1, 0.15) is 0 Å². The van der Waals surface area contributed by atoms with E-state index in [1.807, 2.05) is 11.8 Å². The van der Waals surface area contributed by atoms with Gasteiger partial charge in [-0.05, 0) is 43.9 Å². The van der Waals surface area contributed by atoms with Crippen LogP contribution in [0.2, 0.25) is 0 Å². The van der Waals surface area contributed by atoms with E-state index in [4.69, 9.17) is 10.5 Å². The average Bonchev–Trinajstić information content (AvgIpc) is 2.78. The Balaban J connectivity index is 2.14. The molecule has 1 saturated heterocycles. The number of nitrogens with two attached hydrogens (primary N) is 1. The second-order valence-corrected chi connectivity index (χ2v) is 7.34. The van der Waals surface area contributed by atoms with Crippen LogP contribution >= 0.6 is 27.7 Å². The topological polar surface area (TPSA) is 35.2 Å². The van der Waals surface area contributed by atoms with Crippen LogP contribution < -0.4 is 5.73 Å². The summed E-state index contributed by atoms with van der Waals surface area (Å²) in [5.74, 6) is 0. The summed E-state index contributed by atoms with van der Waals surface area (Å²) in [5.41, 5.74) is 7.46. The van der Waals surface area contributed by atoms with Crippen LogP contribution in [-0.4, -0.2) is 24.0 Å². The van der Waals surface area contributed by atoms with Gasteiger partial charge in [0, 0.05) is 27.3 Å². The number of thioether (sulfide) groups is 1. The molecule has 2 rings (SSSR count).